The fraction of sp³-hybridized carbons (Fsp3) is 0.261. The van der Waals surface area contributed by atoms with Crippen LogP contribution in [-0.4, -0.2) is 31.0 Å². The Hall–Kier alpha value is -3.29. The van der Waals surface area contributed by atoms with Crippen LogP contribution in [0.3, 0.4) is 0 Å². The largest absolute Gasteiger partial charge is 0.493 e. The third kappa shape index (κ3) is 5.00. The average Bonchev–Trinajstić information content (AvgIpc) is 3.31. The van der Waals surface area contributed by atoms with Crippen molar-refractivity contribution in [3.8, 4) is 23.6 Å². The minimum absolute atomic E-state index is 0.0945. The first-order valence-corrected chi connectivity index (χ1v) is 10.3. The van der Waals surface area contributed by atoms with Crippen molar-refractivity contribution in [2.75, 3.05) is 20.2 Å². The molecular formula is C23H20BrN3O3. The van der Waals surface area contributed by atoms with Gasteiger partial charge in [0, 0.05) is 13.1 Å². The molecule has 152 valence electrons. The second-order valence-electron chi connectivity index (χ2n) is 6.80. The van der Waals surface area contributed by atoms with Gasteiger partial charge in [0.05, 0.1) is 23.2 Å². The molecule has 1 fully saturated rings. The number of likely N-dealkylation sites (tertiary alicyclic amines) is 1. The molecule has 1 saturated heterocycles. The highest BCUT2D eigenvalue weighted by Gasteiger charge is 2.22. The maximum absolute atomic E-state index is 12.5. The number of benzene rings is 2. The summed E-state index contributed by atoms with van der Waals surface area (Å²) in [6.45, 7) is 1.67. The highest BCUT2D eigenvalue weighted by Crippen LogP contribution is 2.38. The zero-order valence-electron chi connectivity index (χ0n) is 16.5. The summed E-state index contributed by atoms with van der Waals surface area (Å²) in [5.41, 5.74) is 2.26. The first-order chi connectivity index (χ1) is 14.5. The molecule has 0 aromatic heterocycles. The topological polar surface area (TPSA) is 86.3 Å². The summed E-state index contributed by atoms with van der Waals surface area (Å²) in [7, 11) is 1.53. The van der Waals surface area contributed by atoms with E-state index >= 15 is 0 Å². The Morgan fingerprint density at radius 1 is 1.20 bits per heavy atom. The van der Waals surface area contributed by atoms with Gasteiger partial charge in [-0.1, -0.05) is 12.1 Å². The second kappa shape index (κ2) is 9.96. The number of nitriles is 2. The first kappa shape index (κ1) is 21.4. The Bertz CT molecular complexity index is 1040. The van der Waals surface area contributed by atoms with E-state index in [0.29, 0.717) is 46.8 Å². The Balaban J connectivity index is 1.81. The summed E-state index contributed by atoms with van der Waals surface area (Å²) in [6.07, 6.45) is 3.50. The van der Waals surface area contributed by atoms with E-state index in [9.17, 15) is 10.1 Å². The van der Waals surface area contributed by atoms with Crippen LogP contribution in [0.5, 0.6) is 11.5 Å². The van der Waals surface area contributed by atoms with E-state index in [1.165, 1.54) is 7.11 Å². The predicted octanol–water partition coefficient (Wildman–Crippen LogP) is 4.44. The van der Waals surface area contributed by atoms with Crippen LogP contribution in [0.15, 0.2) is 46.4 Å². The number of nitrogens with zero attached hydrogens (tertiary/aromatic N) is 3. The predicted molar refractivity (Wildman–Crippen MR) is 116 cm³/mol. The van der Waals surface area contributed by atoms with Crippen molar-refractivity contribution in [2.45, 2.75) is 19.4 Å². The fourth-order valence-electron chi connectivity index (χ4n) is 3.19. The summed E-state index contributed by atoms with van der Waals surface area (Å²) < 4.78 is 12.0. The van der Waals surface area contributed by atoms with Gasteiger partial charge in [-0.15, -0.1) is 0 Å². The molecule has 0 atom stereocenters. The van der Waals surface area contributed by atoms with Crippen molar-refractivity contribution in [3.05, 3.63) is 63.1 Å². The molecule has 1 aliphatic rings. The molecule has 30 heavy (non-hydrogen) atoms. The van der Waals surface area contributed by atoms with Gasteiger partial charge >= 0.3 is 0 Å². The lowest BCUT2D eigenvalue weighted by Crippen LogP contribution is -2.28. The number of carbonyl (C=O) groups excluding carboxylic acids is 1. The summed E-state index contributed by atoms with van der Waals surface area (Å²) in [4.78, 5) is 14.2. The van der Waals surface area contributed by atoms with Crippen LogP contribution in [0.4, 0.5) is 0 Å². The highest BCUT2D eigenvalue weighted by atomic mass is 79.9. The smallest absolute Gasteiger partial charge is 0.264 e. The third-order valence-electron chi connectivity index (χ3n) is 4.77. The molecule has 0 unspecified atom stereocenters. The molecule has 1 heterocycles. The molecule has 1 amide bonds. The summed E-state index contributed by atoms with van der Waals surface area (Å²) in [5, 5.41) is 18.4. The van der Waals surface area contributed by atoms with Crippen LogP contribution >= 0.6 is 15.9 Å². The van der Waals surface area contributed by atoms with Gasteiger partial charge in [0.15, 0.2) is 11.5 Å². The monoisotopic (exact) mass is 465 g/mol. The van der Waals surface area contributed by atoms with Crippen LogP contribution in [0.1, 0.15) is 29.5 Å². The lowest BCUT2D eigenvalue weighted by atomic mass is 10.1. The van der Waals surface area contributed by atoms with Gasteiger partial charge in [-0.05, 0) is 70.2 Å². The van der Waals surface area contributed by atoms with Crippen LogP contribution in [0.25, 0.3) is 6.08 Å². The minimum Gasteiger partial charge on any atom is -0.493 e. The van der Waals surface area contributed by atoms with Crippen LogP contribution in [0.2, 0.25) is 0 Å². The molecule has 2 aromatic rings. The molecule has 7 heteroatoms. The quantitative estimate of drug-likeness (QED) is 0.464. The zero-order valence-corrected chi connectivity index (χ0v) is 18.1. The van der Waals surface area contributed by atoms with Crippen LogP contribution in [0, 0.1) is 22.7 Å². The molecule has 0 N–H and O–H groups in total. The van der Waals surface area contributed by atoms with Crippen molar-refractivity contribution in [1.29, 1.82) is 10.5 Å². The van der Waals surface area contributed by atoms with E-state index in [0.717, 1.165) is 18.4 Å². The van der Waals surface area contributed by atoms with Crippen molar-refractivity contribution < 1.29 is 14.3 Å². The first-order valence-electron chi connectivity index (χ1n) is 9.46. The van der Waals surface area contributed by atoms with Gasteiger partial charge in [-0.25, -0.2) is 0 Å². The molecular weight excluding hydrogens is 446 g/mol. The number of rotatable bonds is 6. The van der Waals surface area contributed by atoms with Gasteiger partial charge < -0.3 is 14.4 Å². The van der Waals surface area contributed by atoms with Crippen molar-refractivity contribution >= 4 is 27.9 Å². The highest BCUT2D eigenvalue weighted by molar-refractivity contribution is 9.10. The maximum atomic E-state index is 12.5. The molecule has 1 aliphatic heterocycles. The molecule has 6 nitrogen and oxygen atoms in total. The third-order valence-corrected chi connectivity index (χ3v) is 5.36. The summed E-state index contributed by atoms with van der Waals surface area (Å²) >= 11 is 3.49. The number of hydrogen-bond acceptors (Lipinski definition) is 5. The minimum atomic E-state index is -0.244. The molecule has 0 spiro atoms. The number of methoxy groups -OCH3 is 1. The Morgan fingerprint density at radius 3 is 2.50 bits per heavy atom. The number of ether oxygens (including phenoxy) is 2. The van der Waals surface area contributed by atoms with E-state index in [1.807, 2.05) is 18.2 Å². The fourth-order valence-corrected chi connectivity index (χ4v) is 3.77. The number of carbonyl (C=O) groups is 1. The molecule has 0 bridgehead atoms. The van der Waals surface area contributed by atoms with Gasteiger partial charge in [0.25, 0.3) is 5.91 Å². The van der Waals surface area contributed by atoms with Gasteiger partial charge in [-0.3, -0.25) is 4.79 Å². The van der Waals surface area contributed by atoms with Crippen molar-refractivity contribution in [3.63, 3.8) is 0 Å². The van der Waals surface area contributed by atoms with Crippen molar-refractivity contribution in [1.82, 2.24) is 4.90 Å². The Labute approximate surface area is 184 Å². The van der Waals surface area contributed by atoms with E-state index in [2.05, 4.69) is 22.0 Å². The second-order valence-corrected chi connectivity index (χ2v) is 7.65. The molecule has 0 aliphatic carbocycles. The lowest BCUT2D eigenvalue weighted by Gasteiger charge is -2.15. The van der Waals surface area contributed by atoms with E-state index in [-0.39, 0.29) is 11.5 Å². The van der Waals surface area contributed by atoms with Crippen molar-refractivity contribution in [2.24, 2.45) is 0 Å². The van der Waals surface area contributed by atoms with E-state index in [4.69, 9.17) is 14.7 Å². The van der Waals surface area contributed by atoms with Gasteiger partial charge in [0.2, 0.25) is 0 Å². The number of halogens is 1. The summed E-state index contributed by atoms with van der Waals surface area (Å²) in [5.74, 6) is 0.754. The van der Waals surface area contributed by atoms with Gasteiger partial charge in [0.1, 0.15) is 18.2 Å². The lowest BCUT2D eigenvalue weighted by molar-refractivity contribution is -0.125. The molecule has 2 aromatic carbocycles. The summed E-state index contributed by atoms with van der Waals surface area (Å²) in [6, 6.07) is 14.7. The number of hydrogen-bond donors (Lipinski definition) is 0. The number of amides is 1. The molecule has 3 rings (SSSR count). The van der Waals surface area contributed by atoms with Crippen LogP contribution < -0.4 is 9.47 Å². The average molecular weight is 466 g/mol. The molecule has 0 saturated carbocycles. The SMILES string of the molecule is COc1cc(/C=C(\C#N)C(=O)N2CCCC2)cc(Br)c1OCc1ccc(C#N)cc1. The van der Waals surface area contributed by atoms with Gasteiger partial charge in [-0.2, -0.15) is 10.5 Å². The normalized spacial score (nSPS) is 13.5. The van der Waals surface area contributed by atoms with Crippen LogP contribution in [-0.2, 0) is 11.4 Å². The maximum Gasteiger partial charge on any atom is 0.264 e. The van der Waals surface area contributed by atoms with E-state index < -0.39 is 0 Å². The standard InChI is InChI=1S/C23H20BrN3O3/c1-29-21-12-18(10-19(14-26)23(28)27-8-2-3-9-27)11-20(24)22(21)30-15-17-6-4-16(13-25)5-7-17/h4-7,10-12H,2-3,8-9,15H2,1H3/b19-10+. The Morgan fingerprint density at radius 2 is 1.90 bits per heavy atom. The Kier molecular flexibility index (Phi) is 7.11. The van der Waals surface area contributed by atoms with E-state index in [1.54, 1.807) is 35.2 Å². The molecule has 0 radical (unpaired) electrons. The zero-order chi connectivity index (χ0) is 21.5.